The van der Waals surface area contributed by atoms with E-state index in [9.17, 15) is 13.2 Å². The van der Waals surface area contributed by atoms with E-state index in [1.807, 2.05) is 45.0 Å². The third-order valence-electron chi connectivity index (χ3n) is 5.76. The topological polar surface area (TPSA) is 72.3 Å². The second kappa shape index (κ2) is 9.31. The van der Waals surface area contributed by atoms with E-state index in [1.54, 1.807) is 39.9 Å². The lowest BCUT2D eigenvalue weighted by molar-refractivity contribution is 0.0725. The van der Waals surface area contributed by atoms with Crippen molar-refractivity contribution in [3.8, 4) is 0 Å². The minimum atomic E-state index is -3.67. The van der Waals surface area contributed by atoms with Crippen LogP contribution in [0.2, 0.25) is 5.02 Å². The van der Waals surface area contributed by atoms with Crippen LogP contribution < -0.4 is 0 Å². The number of hydrogen-bond donors (Lipinski definition) is 0. The van der Waals surface area contributed by atoms with Gasteiger partial charge in [0.1, 0.15) is 0 Å². The summed E-state index contributed by atoms with van der Waals surface area (Å²) in [5.74, 6) is -0.231. The number of nitrogens with zero attached hydrogens (tertiary/aromatic N) is 3. The molecule has 1 fully saturated rings. The van der Waals surface area contributed by atoms with Gasteiger partial charge >= 0.3 is 0 Å². The van der Waals surface area contributed by atoms with E-state index >= 15 is 0 Å². The highest BCUT2D eigenvalue weighted by molar-refractivity contribution is 7.90. The summed E-state index contributed by atoms with van der Waals surface area (Å²) in [6, 6.07) is 14.4. The quantitative estimate of drug-likeness (QED) is 0.439. The molecule has 0 atom stereocenters. The van der Waals surface area contributed by atoms with E-state index in [4.69, 9.17) is 11.6 Å². The number of sulfone groups is 1. The van der Waals surface area contributed by atoms with Gasteiger partial charge in [-0.15, -0.1) is 0 Å². The molecule has 0 spiro atoms. The highest BCUT2D eigenvalue weighted by Crippen LogP contribution is 2.31. The van der Waals surface area contributed by atoms with E-state index in [1.165, 1.54) is 0 Å². The molecule has 1 amide bonds. The molecule has 0 N–H and O–H groups in total. The Labute approximate surface area is 200 Å². The SMILES string of the molecule is Cc1ccc(CS(=O)(=O)c2ncc(CN(C(=O)c3cccc(Cl)c3)C3CC3)n2C(C)C)cc1. The molecule has 1 aliphatic rings. The van der Waals surface area contributed by atoms with Crippen molar-refractivity contribution >= 4 is 27.3 Å². The molecular weight excluding hydrogens is 458 g/mol. The van der Waals surface area contributed by atoms with Crippen molar-refractivity contribution < 1.29 is 13.2 Å². The first kappa shape index (κ1) is 23.5. The second-order valence-corrected chi connectivity index (χ2v) is 11.2. The van der Waals surface area contributed by atoms with Crippen molar-refractivity contribution in [1.29, 1.82) is 0 Å². The Kier molecular flexibility index (Phi) is 6.64. The number of carbonyl (C=O) groups excluding carboxylic acids is 1. The van der Waals surface area contributed by atoms with Crippen LogP contribution in [0.4, 0.5) is 0 Å². The maximum absolute atomic E-state index is 13.3. The summed E-state index contributed by atoms with van der Waals surface area (Å²) in [6.45, 7) is 6.11. The smallest absolute Gasteiger partial charge is 0.254 e. The Morgan fingerprint density at radius 3 is 2.48 bits per heavy atom. The van der Waals surface area contributed by atoms with Crippen LogP contribution in [0, 0.1) is 6.92 Å². The lowest BCUT2D eigenvalue weighted by Gasteiger charge is -2.24. The Morgan fingerprint density at radius 2 is 1.88 bits per heavy atom. The summed E-state index contributed by atoms with van der Waals surface area (Å²) < 4.78 is 28.3. The Hall–Kier alpha value is -2.64. The standard InChI is InChI=1S/C25H28ClN3O3S/c1-17(2)29-23(14-27-25(29)33(31,32)16-19-9-7-18(3)8-10-19)15-28(22-11-12-22)24(30)20-5-4-6-21(26)13-20/h4-10,13-14,17,22H,11-12,15-16H2,1-3H3. The number of aryl methyl sites for hydroxylation is 1. The summed E-state index contributed by atoms with van der Waals surface area (Å²) in [7, 11) is -3.67. The van der Waals surface area contributed by atoms with E-state index in [2.05, 4.69) is 4.98 Å². The molecule has 1 aliphatic carbocycles. The van der Waals surface area contributed by atoms with Gasteiger partial charge in [-0.05, 0) is 57.4 Å². The van der Waals surface area contributed by atoms with Crippen molar-refractivity contribution in [2.24, 2.45) is 0 Å². The molecule has 0 saturated heterocycles. The monoisotopic (exact) mass is 485 g/mol. The number of halogens is 1. The summed E-state index contributed by atoms with van der Waals surface area (Å²) in [5.41, 5.74) is 3.02. The largest absolute Gasteiger partial charge is 0.330 e. The van der Waals surface area contributed by atoms with Crippen LogP contribution >= 0.6 is 11.6 Å². The maximum Gasteiger partial charge on any atom is 0.254 e. The lowest BCUT2D eigenvalue weighted by atomic mass is 10.2. The van der Waals surface area contributed by atoms with Crippen LogP contribution in [0.25, 0.3) is 0 Å². The van der Waals surface area contributed by atoms with Crippen molar-refractivity contribution in [3.63, 3.8) is 0 Å². The Balaban J connectivity index is 1.64. The van der Waals surface area contributed by atoms with E-state index in [0.29, 0.717) is 22.8 Å². The van der Waals surface area contributed by atoms with Gasteiger partial charge in [-0.2, -0.15) is 0 Å². The number of aromatic nitrogens is 2. The normalized spacial score (nSPS) is 14.0. The molecule has 174 valence electrons. The van der Waals surface area contributed by atoms with Gasteiger partial charge in [0, 0.05) is 22.7 Å². The van der Waals surface area contributed by atoms with Crippen LogP contribution in [-0.4, -0.2) is 34.8 Å². The molecule has 4 rings (SSSR count). The third kappa shape index (κ3) is 5.31. The van der Waals surface area contributed by atoms with E-state index in [-0.39, 0.29) is 28.9 Å². The maximum atomic E-state index is 13.3. The average molecular weight is 486 g/mol. The fourth-order valence-corrected chi connectivity index (χ4v) is 5.75. The fourth-order valence-electron chi connectivity index (χ4n) is 3.96. The van der Waals surface area contributed by atoms with Crippen LogP contribution in [-0.2, 0) is 22.1 Å². The molecule has 0 unspecified atom stereocenters. The molecule has 2 aromatic carbocycles. The number of benzene rings is 2. The Morgan fingerprint density at radius 1 is 1.18 bits per heavy atom. The van der Waals surface area contributed by atoms with Gasteiger partial charge < -0.3 is 9.47 Å². The van der Waals surface area contributed by atoms with Gasteiger partial charge in [-0.25, -0.2) is 13.4 Å². The zero-order valence-electron chi connectivity index (χ0n) is 19.0. The number of amides is 1. The number of carbonyl (C=O) groups is 1. The predicted octanol–water partition coefficient (Wildman–Crippen LogP) is 5.20. The first-order valence-electron chi connectivity index (χ1n) is 11.1. The molecule has 1 saturated carbocycles. The van der Waals surface area contributed by atoms with Crippen LogP contribution in [0.15, 0.2) is 59.9 Å². The first-order valence-corrected chi connectivity index (χ1v) is 13.1. The zero-order chi connectivity index (χ0) is 23.8. The van der Waals surface area contributed by atoms with Crippen LogP contribution in [0.5, 0.6) is 0 Å². The lowest BCUT2D eigenvalue weighted by Crippen LogP contribution is -2.33. The molecule has 33 heavy (non-hydrogen) atoms. The molecule has 1 heterocycles. The van der Waals surface area contributed by atoms with Gasteiger partial charge in [0.25, 0.3) is 5.91 Å². The summed E-state index contributed by atoms with van der Waals surface area (Å²) in [4.78, 5) is 19.4. The fraction of sp³-hybridized carbons (Fsp3) is 0.360. The second-order valence-electron chi connectivity index (χ2n) is 8.92. The number of hydrogen-bond acceptors (Lipinski definition) is 4. The minimum absolute atomic E-state index is 0.0408. The molecule has 1 aromatic heterocycles. The van der Waals surface area contributed by atoms with Gasteiger partial charge in [0.05, 0.1) is 24.2 Å². The van der Waals surface area contributed by atoms with Crippen molar-refractivity contribution in [2.45, 2.75) is 63.2 Å². The van der Waals surface area contributed by atoms with Crippen molar-refractivity contribution in [1.82, 2.24) is 14.5 Å². The molecule has 3 aromatic rings. The summed E-state index contributed by atoms with van der Waals surface area (Å²) >= 11 is 6.09. The van der Waals surface area contributed by atoms with E-state index < -0.39 is 9.84 Å². The number of imidazole rings is 1. The molecule has 0 bridgehead atoms. The van der Waals surface area contributed by atoms with Gasteiger partial charge in [0.15, 0.2) is 0 Å². The van der Waals surface area contributed by atoms with Gasteiger partial charge in [0.2, 0.25) is 15.0 Å². The number of rotatable bonds is 8. The summed E-state index contributed by atoms with van der Waals surface area (Å²) in [5, 5.41) is 0.548. The average Bonchev–Trinajstić information content (AvgIpc) is 3.51. The molecule has 0 radical (unpaired) electrons. The van der Waals surface area contributed by atoms with Gasteiger partial charge in [-0.1, -0.05) is 47.5 Å². The zero-order valence-corrected chi connectivity index (χ0v) is 20.6. The molecule has 0 aliphatic heterocycles. The van der Waals surface area contributed by atoms with Crippen molar-refractivity contribution in [2.75, 3.05) is 0 Å². The summed E-state index contributed by atoms with van der Waals surface area (Å²) in [6.07, 6.45) is 3.45. The van der Waals surface area contributed by atoms with Crippen LogP contribution in [0.3, 0.4) is 0 Å². The van der Waals surface area contributed by atoms with Crippen LogP contribution in [0.1, 0.15) is 59.9 Å². The van der Waals surface area contributed by atoms with Crippen molar-refractivity contribution in [3.05, 3.63) is 82.1 Å². The highest BCUT2D eigenvalue weighted by Gasteiger charge is 2.35. The third-order valence-corrected chi connectivity index (χ3v) is 7.57. The highest BCUT2D eigenvalue weighted by atomic mass is 35.5. The predicted molar refractivity (Wildman–Crippen MR) is 129 cm³/mol. The first-order chi connectivity index (χ1) is 15.7. The van der Waals surface area contributed by atoms with Gasteiger partial charge in [-0.3, -0.25) is 4.79 Å². The molecule has 8 heteroatoms. The van der Waals surface area contributed by atoms with E-state index in [0.717, 1.165) is 24.0 Å². The molecular formula is C25H28ClN3O3S. The Bertz CT molecular complexity index is 1260. The molecule has 6 nitrogen and oxygen atoms in total. The minimum Gasteiger partial charge on any atom is -0.330 e.